The minimum atomic E-state index is 1.08. The van der Waals surface area contributed by atoms with Crippen LogP contribution in [0.4, 0.5) is 0 Å². The molecule has 80 valence electrons. The van der Waals surface area contributed by atoms with Crippen molar-refractivity contribution in [3.63, 3.8) is 0 Å². The van der Waals surface area contributed by atoms with E-state index < -0.39 is 0 Å². The zero-order chi connectivity index (χ0) is 10.9. The van der Waals surface area contributed by atoms with Gasteiger partial charge < -0.3 is 0 Å². The van der Waals surface area contributed by atoms with Crippen molar-refractivity contribution in [3.8, 4) is 0 Å². The molecule has 0 bridgehead atoms. The van der Waals surface area contributed by atoms with Crippen molar-refractivity contribution >= 4 is 5.57 Å². The third-order valence-corrected chi connectivity index (χ3v) is 2.38. The van der Waals surface area contributed by atoms with Crippen LogP contribution < -0.4 is 0 Å². The van der Waals surface area contributed by atoms with Gasteiger partial charge in [0.2, 0.25) is 0 Å². The van der Waals surface area contributed by atoms with Crippen molar-refractivity contribution in [2.75, 3.05) is 0 Å². The first kappa shape index (κ1) is 11.7. The quantitative estimate of drug-likeness (QED) is 0.495. The van der Waals surface area contributed by atoms with E-state index in [4.69, 9.17) is 0 Å². The molecule has 0 unspecified atom stereocenters. The molecule has 15 heavy (non-hydrogen) atoms. The first-order chi connectivity index (χ1) is 7.34. The number of nitrogens with zero attached hydrogens (tertiary/aromatic N) is 1. The summed E-state index contributed by atoms with van der Waals surface area (Å²) in [6.45, 7) is 5.84. The van der Waals surface area contributed by atoms with Gasteiger partial charge >= 0.3 is 0 Å². The topological polar surface area (TPSA) is 12.9 Å². The molecule has 1 aromatic heterocycles. The fourth-order valence-corrected chi connectivity index (χ4v) is 1.45. The molecule has 1 rings (SSSR count). The van der Waals surface area contributed by atoms with Crippen molar-refractivity contribution < 1.29 is 0 Å². The van der Waals surface area contributed by atoms with Crippen LogP contribution in [-0.2, 0) is 0 Å². The Hall–Kier alpha value is -1.37. The minimum Gasteiger partial charge on any atom is -0.257 e. The smallest absolute Gasteiger partial charge is 0.0655 e. The summed E-state index contributed by atoms with van der Waals surface area (Å²) < 4.78 is 0. The molecule has 1 heteroatoms. The maximum Gasteiger partial charge on any atom is 0.0655 e. The van der Waals surface area contributed by atoms with Crippen molar-refractivity contribution in [2.24, 2.45) is 0 Å². The summed E-state index contributed by atoms with van der Waals surface area (Å²) in [7, 11) is 0. The highest BCUT2D eigenvalue weighted by Crippen LogP contribution is 2.12. The summed E-state index contributed by atoms with van der Waals surface area (Å²) in [5, 5.41) is 0. The summed E-state index contributed by atoms with van der Waals surface area (Å²) in [5.74, 6) is 0. The number of hydrogen-bond acceptors (Lipinski definition) is 1. The van der Waals surface area contributed by atoms with Gasteiger partial charge in [0.25, 0.3) is 0 Å². The monoisotopic (exact) mass is 201 g/mol. The van der Waals surface area contributed by atoms with E-state index in [1.807, 2.05) is 24.4 Å². The third-order valence-electron chi connectivity index (χ3n) is 2.38. The number of aromatic nitrogens is 1. The van der Waals surface area contributed by atoms with Gasteiger partial charge in [-0.25, -0.2) is 0 Å². The fraction of sp³-hybridized carbons (Fsp3) is 0.357. The van der Waals surface area contributed by atoms with Crippen LogP contribution in [0.15, 0.2) is 43.1 Å². The Labute approximate surface area is 92.6 Å². The lowest BCUT2D eigenvalue weighted by molar-refractivity contribution is 0.763. The molecule has 0 aliphatic carbocycles. The summed E-state index contributed by atoms with van der Waals surface area (Å²) in [6.07, 6.45) is 10.8. The summed E-state index contributed by atoms with van der Waals surface area (Å²) >= 11 is 0. The van der Waals surface area contributed by atoms with Crippen molar-refractivity contribution in [1.29, 1.82) is 0 Å². The van der Waals surface area contributed by atoms with E-state index in [0.717, 1.165) is 18.5 Å². The van der Waals surface area contributed by atoms with Gasteiger partial charge in [-0.15, -0.1) is 6.58 Å². The molecule has 0 aliphatic heterocycles. The van der Waals surface area contributed by atoms with Gasteiger partial charge in [0, 0.05) is 6.20 Å². The summed E-state index contributed by atoms with van der Waals surface area (Å²) in [6, 6.07) is 6.02. The van der Waals surface area contributed by atoms with E-state index in [9.17, 15) is 0 Å². The van der Waals surface area contributed by atoms with E-state index in [0.29, 0.717) is 0 Å². The van der Waals surface area contributed by atoms with Crippen LogP contribution in [0.25, 0.3) is 5.57 Å². The van der Waals surface area contributed by atoms with Crippen molar-refractivity contribution in [3.05, 3.63) is 48.8 Å². The molecule has 0 radical (unpaired) electrons. The SMILES string of the molecule is C=CCCCC/C=C(\C)c1ccccn1. The molecular formula is C14H19N. The number of hydrogen-bond donors (Lipinski definition) is 0. The second-order valence-corrected chi connectivity index (χ2v) is 3.68. The Bertz CT molecular complexity index is 311. The normalized spacial score (nSPS) is 11.4. The number of unbranched alkanes of at least 4 members (excludes halogenated alkanes) is 3. The third kappa shape index (κ3) is 4.59. The van der Waals surface area contributed by atoms with E-state index in [2.05, 4.69) is 30.6 Å². The molecule has 0 amide bonds. The summed E-state index contributed by atoms with van der Waals surface area (Å²) in [4.78, 5) is 4.31. The molecule has 0 saturated heterocycles. The van der Waals surface area contributed by atoms with Gasteiger partial charge in [-0.2, -0.15) is 0 Å². The van der Waals surface area contributed by atoms with Crippen LogP contribution in [0.1, 0.15) is 38.3 Å². The van der Waals surface area contributed by atoms with E-state index in [-0.39, 0.29) is 0 Å². The van der Waals surface area contributed by atoms with Crippen LogP contribution >= 0.6 is 0 Å². The molecular weight excluding hydrogens is 182 g/mol. The molecule has 1 aromatic rings. The first-order valence-corrected chi connectivity index (χ1v) is 5.53. The lowest BCUT2D eigenvalue weighted by atomic mass is 10.1. The molecule has 1 heterocycles. The van der Waals surface area contributed by atoms with Gasteiger partial charge in [0.1, 0.15) is 0 Å². The Morgan fingerprint density at radius 1 is 1.33 bits per heavy atom. The second-order valence-electron chi connectivity index (χ2n) is 3.68. The molecule has 0 aromatic carbocycles. The summed E-state index contributed by atoms with van der Waals surface area (Å²) in [5.41, 5.74) is 2.36. The Balaban J connectivity index is 2.36. The first-order valence-electron chi connectivity index (χ1n) is 5.53. The standard InChI is InChI=1S/C14H19N/c1-3-4-5-6-7-10-13(2)14-11-8-9-12-15-14/h3,8-12H,1,4-7H2,2H3/b13-10+. The molecule has 0 fully saturated rings. The molecule has 0 N–H and O–H groups in total. The highest BCUT2D eigenvalue weighted by Gasteiger charge is 1.94. The van der Waals surface area contributed by atoms with Gasteiger partial charge in [-0.1, -0.05) is 18.2 Å². The highest BCUT2D eigenvalue weighted by molar-refractivity contribution is 5.59. The maximum atomic E-state index is 4.31. The van der Waals surface area contributed by atoms with Gasteiger partial charge in [-0.3, -0.25) is 4.98 Å². The van der Waals surface area contributed by atoms with Crippen LogP contribution in [0.2, 0.25) is 0 Å². The molecule has 0 saturated carbocycles. The van der Waals surface area contributed by atoms with Gasteiger partial charge in [-0.05, 0) is 50.3 Å². The lowest BCUT2D eigenvalue weighted by Crippen LogP contribution is -1.84. The fourth-order valence-electron chi connectivity index (χ4n) is 1.45. The molecule has 1 nitrogen and oxygen atoms in total. The van der Waals surface area contributed by atoms with E-state index >= 15 is 0 Å². The van der Waals surface area contributed by atoms with Crippen LogP contribution in [0.5, 0.6) is 0 Å². The number of pyridine rings is 1. The Morgan fingerprint density at radius 3 is 2.80 bits per heavy atom. The predicted octanol–water partition coefficient (Wildman–Crippen LogP) is 4.23. The lowest BCUT2D eigenvalue weighted by Gasteiger charge is -1.99. The predicted molar refractivity (Wildman–Crippen MR) is 66.6 cm³/mol. The zero-order valence-corrected chi connectivity index (χ0v) is 9.45. The van der Waals surface area contributed by atoms with Gasteiger partial charge in [0.05, 0.1) is 5.69 Å². The Kier molecular flexibility index (Phi) is 5.46. The average molecular weight is 201 g/mol. The van der Waals surface area contributed by atoms with Crippen LogP contribution in [0.3, 0.4) is 0 Å². The zero-order valence-electron chi connectivity index (χ0n) is 9.45. The number of allylic oxidation sites excluding steroid dienone is 3. The molecule has 0 aliphatic rings. The molecule has 0 spiro atoms. The highest BCUT2D eigenvalue weighted by atomic mass is 14.7. The Morgan fingerprint density at radius 2 is 2.13 bits per heavy atom. The molecule has 0 atom stereocenters. The largest absolute Gasteiger partial charge is 0.257 e. The minimum absolute atomic E-state index is 1.08. The van der Waals surface area contributed by atoms with E-state index in [1.54, 1.807) is 0 Å². The van der Waals surface area contributed by atoms with E-state index in [1.165, 1.54) is 18.4 Å². The number of rotatable bonds is 6. The maximum absolute atomic E-state index is 4.31. The average Bonchev–Trinajstić information content (AvgIpc) is 2.30. The van der Waals surface area contributed by atoms with Crippen LogP contribution in [-0.4, -0.2) is 4.98 Å². The van der Waals surface area contributed by atoms with Gasteiger partial charge in [0.15, 0.2) is 0 Å². The van der Waals surface area contributed by atoms with Crippen molar-refractivity contribution in [1.82, 2.24) is 4.98 Å². The second kappa shape index (κ2) is 6.99. The van der Waals surface area contributed by atoms with Crippen molar-refractivity contribution in [2.45, 2.75) is 32.6 Å². The van der Waals surface area contributed by atoms with Crippen LogP contribution in [0, 0.1) is 0 Å².